The molecule has 1 aliphatic heterocycles. The summed E-state index contributed by atoms with van der Waals surface area (Å²) in [4.78, 5) is 4.68. The van der Waals surface area contributed by atoms with Gasteiger partial charge < -0.3 is 15.4 Å². The number of methoxy groups -OCH3 is 1. The summed E-state index contributed by atoms with van der Waals surface area (Å²) in [6, 6.07) is 8.61. The van der Waals surface area contributed by atoms with Gasteiger partial charge in [-0.25, -0.2) is 4.98 Å². The van der Waals surface area contributed by atoms with Crippen molar-refractivity contribution in [3.63, 3.8) is 0 Å². The molecule has 0 saturated carbocycles. The minimum absolute atomic E-state index is 0.489. The average molecular weight is 257 g/mol. The Kier molecular flexibility index (Phi) is 3.25. The summed E-state index contributed by atoms with van der Waals surface area (Å²) in [7, 11) is 1.69. The first-order chi connectivity index (χ1) is 9.26. The Bertz CT molecular complexity index is 591. The predicted octanol–water partition coefficient (Wildman–Crippen LogP) is 2.33. The van der Waals surface area contributed by atoms with Crippen LogP contribution in [0.2, 0.25) is 0 Å². The highest BCUT2D eigenvalue weighted by molar-refractivity contribution is 5.85. The van der Waals surface area contributed by atoms with Crippen LogP contribution in [0.5, 0.6) is 5.75 Å². The molecule has 19 heavy (non-hydrogen) atoms. The van der Waals surface area contributed by atoms with Gasteiger partial charge in [0, 0.05) is 18.0 Å². The molecule has 3 rings (SSSR count). The Morgan fingerprint density at radius 2 is 2.26 bits per heavy atom. The molecule has 0 spiro atoms. The fourth-order valence-electron chi connectivity index (χ4n) is 2.56. The number of hydrogen-bond donors (Lipinski definition) is 2. The van der Waals surface area contributed by atoms with Gasteiger partial charge in [-0.2, -0.15) is 0 Å². The van der Waals surface area contributed by atoms with Gasteiger partial charge in [0.15, 0.2) is 0 Å². The number of aromatic nitrogens is 1. The van der Waals surface area contributed by atoms with Gasteiger partial charge in [-0.3, -0.25) is 0 Å². The quantitative estimate of drug-likeness (QED) is 0.886. The van der Waals surface area contributed by atoms with E-state index in [1.54, 1.807) is 7.11 Å². The normalized spacial score (nSPS) is 18.7. The van der Waals surface area contributed by atoms with E-state index in [4.69, 9.17) is 4.74 Å². The molecule has 1 saturated heterocycles. The topological polar surface area (TPSA) is 46.2 Å². The minimum Gasteiger partial charge on any atom is -0.497 e. The number of anilines is 1. The molecule has 0 unspecified atom stereocenters. The molecule has 0 bridgehead atoms. The lowest BCUT2D eigenvalue weighted by molar-refractivity contribution is 0.415. The first-order valence-corrected chi connectivity index (χ1v) is 6.69. The van der Waals surface area contributed by atoms with E-state index in [1.165, 1.54) is 5.56 Å². The van der Waals surface area contributed by atoms with Gasteiger partial charge in [0.2, 0.25) is 0 Å². The predicted molar refractivity (Wildman–Crippen MR) is 77.9 cm³/mol. The van der Waals surface area contributed by atoms with E-state index in [-0.39, 0.29) is 0 Å². The lowest BCUT2D eigenvalue weighted by Gasteiger charge is -2.14. The van der Waals surface area contributed by atoms with Crippen molar-refractivity contribution in [2.75, 3.05) is 25.5 Å². The molecule has 2 heterocycles. The standard InChI is InChI=1S/C15H19N3O/c1-10-7-15(17-11-5-6-16-9-11)18-14-4-3-12(19-2)8-13(10)14/h3-4,7-8,11,16H,5-6,9H2,1-2H3,(H,17,18)/t11-/m0/s1. The molecule has 4 heteroatoms. The molecule has 1 aromatic heterocycles. The zero-order valence-electron chi connectivity index (χ0n) is 11.4. The van der Waals surface area contributed by atoms with Crippen molar-refractivity contribution in [1.29, 1.82) is 0 Å². The molecule has 1 atom stereocenters. The number of pyridine rings is 1. The Balaban J connectivity index is 1.94. The Hall–Kier alpha value is -1.81. The zero-order valence-corrected chi connectivity index (χ0v) is 11.4. The van der Waals surface area contributed by atoms with E-state index in [0.717, 1.165) is 42.0 Å². The summed E-state index contributed by atoms with van der Waals surface area (Å²) in [6.45, 7) is 4.21. The first kappa shape index (κ1) is 12.2. The third-order valence-corrected chi connectivity index (χ3v) is 3.64. The summed E-state index contributed by atoms with van der Waals surface area (Å²) in [5.41, 5.74) is 2.23. The summed E-state index contributed by atoms with van der Waals surface area (Å²) >= 11 is 0. The van der Waals surface area contributed by atoms with E-state index < -0.39 is 0 Å². The minimum atomic E-state index is 0.489. The van der Waals surface area contributed by atoms with Crippen LogP contribution in [-0.2, 0) is 0 Å². The summed E-state index contributed by atoms with van der Waals surface area (Å²) in [5, 5.41) is 8.00. The number of benzene rings is 1. The van der Waals surface area contributed by atoms with Crippen LogP contribution in [0.1, 0.15) is 12.0 Å². The highest BCUT2D eigenvalue weighted by Gasteiger charge is 2.15. The van der Waals surface area contributed by atoms with E-state index in [2.05, 4.69) is 28.6 Å². The van der Waals surface area contributed by atoms with Crippen LogP contribution >= 0.6 is 0 Å². The van der Waals surface area contributed by atoms with E-state index in [9.17, 15) is 0 Å². The number of rotatable bonds is 3. The second-order valence-electron chi connectivity index (χ2n) is 5.04. The molecular weight excluding hydrogens is 238 g/mol. The summed E-state index contributed by atoms with van der Waals surface area (Å²) < 4.78 is 5.26. The second kappa shape index (κ2) is 5.05. The third kappa shape index (κ3) is 2.49. The number of fused-ring (bicyclic) bond motifs is 1. The molecule has 1 aliphatic rings. The number of hydrogen-bond acceptors (Lipinski definition) is 4. The lowest BCUT2D eigenvalue weighted by atomic mass is 10.1. The largest absolute Gasteiger partial charge is 0.497 e. The number of aryl methyl sites for hydroxylation is 1. The maximum atomic E-state index is 5.26. The van der Waals surface area contributed by atoms with Crippen molar-refractivity contribution >= 4 is 16.7 Å². The molecule has 0 aliphatic carbocycles. The maximum Gasteiger partial charge on any atom is 0.127 e. The van der Waals surface area contributed by atoms with Gasteiger partial charge in [-0.15, -0.1) is 0 Å². The SMILES string of the molecule is COc1ccc2nc(N[C@H]3CCNC3)cc(C)c2c1. The highest BCUT2D eigenvalue weighted by atomic mass is 16.5. The average Bonchev–Trinajstić information content (AvgIpc) is 2.91. The van der Waals surface area contributed by atoms with Crippen molar-refractivity contribution in [3.8, 4) is 5.75 Å². The molecule has 4 nitrogen and oxygen atoms in total. The van der Waals surface area contributed by atoms with Gasteiger partial charge >= 0.3 is 0 Å². The summed E-state index contributed by atoms with van der Waals surface area (Å²) in [5.74, 6) is 1.84. The van der Waals surface area contributed by atoms with Gasteiger partial charge in [0.05, 0.1) is 12.6 Å². The van der Waals surface area contributed by atoms with Crippen LogP contribution < -0.4 is 15.4 Å². The van der Waals surface area contributed by atoms with Crippen LogP contribution in [-0.4, -0.2) is 31.2 Å². The highest BCUT2D eigenvalue weighted by Crippen LogP contribution is 2.25. The molecule has 0 radical (unpaired) electrons. The van der Waals surface area contributed by atoms with Crippen molar-refractivity contribution in [1.82, 2.24) is 10.3 Å². The van der Waals surface area contributed by atoms with Crippen LogP contribution in [0, 0.1) is 6.92 Å². The molecular formula is C15H19N3O. The monoisotopic (exact) mass is 257 g/mol. The van der Waals surface area contributed by atoms with Crippen LogP contribution in [0.25, 0.3) is 10.9 Å². The Morgan fingerprint density at radius 3 is 3.00 bits per heavy atom. The Labute approximate surface area is 113 Å². The lowest BCUT2D eigenvalue weighted by Crippen LogP contribution is -2.22. The molecule has 100 valence electrons. The van der Waals surface area contributed by atoms with Crippen LogP contribution in [0.4, 0.5) is 5.82 Å². The first-order valence-electron chi connectivity index (χ1n) is 6.69. The smallest absolute Gasteiger partial charge is 0.127 e. The van der Waals surface area contributed by atoms with Gasteiger partial charge in [-0.1, -0.05) is 0 Å². The summed E-state index contributed by atoms with van der Waals surface area (Å²) in [6.07, 6.45) is 1.15. The van der Waals surface area contributed by atoms with E-state index in [0.29, 0.717) is 6.04 Å². The molecule has 2 aromatic rings. The number of nitrogens with zero attached hydrogens (tertiary/aromatic N) is 1. The molecule has 0 amide bonds. The molecule has 1 aromatic carbocycles. The van der Waals surface area contributed by atoms with E-state index in [1.807, 2.05) is 18.2 Å². The van der Waals surface area contributed by atoms with Crippen molar-refractivity contribution in [2.24, 2.45) is 0 Å². The van der Waals surface area contributed by atoms with Crippen molar-refractivity contribution in [3.05, 3.63) is 29.8 Å². The van der Waals surface area contributed by atoms with Crippen molar-refractivity contribution < 1.29 is 4.74 Å². The number of nitrogens with one attached hydrogen (secondary N) is 2. The fourth-order valence-corrected chi connectivity index (χ4v) is 2.56. The zero-order chi connectivity index (χ0) is 13.2. The maximum absolute atomic E-state index is 5.26. The van der Waals surface area contributed by atoms with E-state index >= 15 is 0 Å². The van der Waals surface area contributed by atoms with Gasteiger partial charge in [-0.05, 0) is 49.7 Å². The van der Waals surface area contributed by atoms with Gasteiger partial charge in [0.1, 0.15) is 11.6 Å². The molecule has 1 fully saturated rings. The van der Waals surface area contributed by atoms with Crippen molar-refractivity contribution in [2.45, 2.75) is 19.4 Å². The van der Waals surface area contributed by atoms with Gasteiger partial charge in [0.25, 0.3) is 0 Å². The number of ether oxygens (including phenoxy) is 1. The molecule has 2 N–H and O–H groups in total. The van der Waals surface area contributed by atoms with Crippen LogP contribution in [0.15, 0.2) is 24.3 Å². The fraction of sp³-hybridized carbons (Fsp3) is 0.400. The van der Waals surface area contributed by atoms with Crippen LogP contribution in [0.3, 0.4) is 0 Å². The second-order valence-corrected chi connectivity index (χ2v) is 5.04. The Morgan fingerprint density at radius 1 is 1.37 bits per heavy atom. The third-order valence-electron chi connectivity index (χ3n) is 3.64.